The van der Waals surface area contributed by atoms with Gasteiger partial charge in [0.1, 0.15) is 41.7 Å². The van der Waals surface area contributed by atoms with Gasteiger partial charge in [-0.1, -0.05) is 24.0 Å². The van der Waals surface area contributed by atoms with E-state index in [2.05, 4.69) is 37.4 Å². The molecule has 2 saturated carbocycles. The highest BCUT2D eigenvalue weighted by atomic mass is 19.4. The van der Waals surface area contributed by atoms with Crippen LogP contribution >= 0.6 is 0 Å². The average molecular weight is 1210 g/mol. The maximum atomic E-state index is 16.1. The first-order valence-corrected chi connectivity index (χ1v) is 27.5. The van der Waals surface area contributed by atoms with Gasteiger partial charge < -0.3 is 50.9 Å². The summed E-state index contributed by atoms with van der Waals surface area (Å²) in [5.41, 5.74) is -4.87. The number of nitrogens with zero attached hydrogens (tertiary/aromatic N) is 4. The number of pyridine rings is 1. The van der Waals surface area contributed by atoms with E-state index >= 15 is 8.78 Å². The smallest absolute Gasteiger partial charge is 0.408 e. The van der Waals surface area contributed by atoms with Crippen molar-refractivity contribution in [1.29, 1.82) is 5.41 Å². The number of hydrogen-bond donors (Lipinski definition) is 7. The summed E-state index contributed by atoms with van der Waals surface area (Å²) >= 11 is 0. The zero-order valence-electron chi connectivity index (χ0n) is 46.7. The van der Waals surface area contributed by atoms with Crippen molar-refractivity contribution in [2.45, 2.75) is 153 Å². The number of piperazine rings is 1. The lowest BCUT2D eigenvalue weighted by Gasteiger charge is -2.47. The van der Waals surface area contributed by atoms with E-state index in [1.54, 1.807) is 23.6 Å². The number of allylic oxidation sites excluding steroid dienone is 1. The van der Waals surface area contributed by atoms with Crippen molar-refractivity contribution < 1.29 is 82.4 Å². The average Bonchev–Trinajstić information content (AvgIpc) is 2.01. The van der Waals surface area contributed by atoms with Crippen LogP contribution in [0.25, 0.3) is 0 Å². The van der Waals surface area contributed by atoms with Crippen LogP contribution in [0.2, 0.25) is 0 Å². The molecule has 462 valence electrons. The summed E-state index contributed by atoms with van der Waals surface area (Å²) in [6.07, 6.45) is -10.3. The second kappa shape index (κ2) is 26.2. The number of amides is 4. The molecular weight excluding hydrogens is 1140 g/mol. The van der Waals surface area contributed by atoms with Crippen LogP contribution in [0, 0.1) is 39.7 Å². The van der Waals surface area contributed by atoms with Gasteiger partial charge in [-0.05, 0) is 121 Å². The molecule has 8 rings (SSSR count). The summed E-state index contributed by atoms with van der Waals surface area (Å²) < 4.78 is 162. The monoisotopic (exact) mass is 1210 g/mol. The van der Waals surface area contributed by atoms with Gasteiger partial charge in [-0.3, -0.25) is 19.9 Å². The van der Waals surface area contributed by atoms with Gasteiger partial charge in [0, 0.05) is 72.9 Å². The minimum atomic E-state index is -5.23. The lowest BCUT2D eigenvalue weighted by atomic mass is 9.82. The molecule has 4 amide bonds. The van der Waals surface area contributed by atoms with E-state index in [4.69, 9.17) is 19.6 Å². The Labute approximate surface area is 483 Å². The Balaban J connectivity index is 1.08. The lowest BCUT2D eigenvalue weighted by molar-refractivity contribution is -0.221. The first-order valence-electron chi connectivity index (χ1n) is 27.5. The van der Waals surface area contributed by atoms with Crippen molar-refractivity contribution in [2.24, 2.45) is 10.8 Å². The highest BCUT2D eigenvalue weighted by molar-refractivity contribution is 6.06. The first-order chi connectivity index (χ1) is 40.0. The highest BCUT2D eigenvalue weighted by Crippen LogP contribution is 2.42. The summed E-state index contributed by atoms with van der Waals surface area (Å²) in [6, 6.07) is 5.54. The Kier molecular flexibility index (Phi) is 19.6. The van der Waals surface area contributed by atoms with Gasteiger partial charge in [0.15, 0.2) is 0 Å². The Morgan fingerprint density at radius 3 is 1.79 bits per heavy atom. The third kappa shape index (κ3) is 16.2. The number of hydrogen-bond acceptors (Lipinski definition) is 14. The molecule has 5 fully saturated rings. The number of benzene rings is 2. The van der Waals surface area contributed by atoms with E-state index in [1.165, 1.54) is 12.1 Å². The van der Waals surface area contributed by atoms with Crippen LogP contribution < -0.4 is 31.6 Å². The van der Waals surface area contributed by atoms with E-state index < -0.39 is 138 Å². The van der Waals surface area contributed by atoms with Crippen LogP contribution in [-0.2, 0) is 36.8 Å². The van der Waals surface area contributed by atoms with Crippen molar-refractivity contribution >= 4 is 35.5 Å². The molecule has 2 unspecified atom stereocenters. The van der Waals surface area contributed by atoms with Crippen LogP contribution in [0.1, 0.15) is 94.0 Å². The van der Waals surface area contributed by atoms with Crippen LogP contribution in [0.3, 0.4) is 0 Å². The Morgan fingerprint density at radius 1 is 0.776 bits per heavy atom. The number of carbonyl (C=O) groups is 4. The maximum absolute atomic E-state index is 16.1. The maximum Gasteiger partial charge on any atom is 0.408 e. The molecule has 1 aromatic heterocycles. The summed E-state index contributed by atoms with van der Waals surface area (Å²) in [4.78, 5) is 63.9. The number of fused-ring (bicyclic) bond motifs is 2. The number of aliphatic hydroxyl groups is 1. The highest BCUT2D eigenvalue weighted by Gasteiger charge is 2.58. The molecule has 0 radical (unpaired) electrons. The molecule has 0 spiro atoms. The van der Waals surface area contributed by atoms with Gasteiger partial charge >= 0.3 is 31.1 Å². The number of aliphatic hydroxyl groups excluding tert-OH is 1. The van der Waals surface area contributed by atoms with Gasteiger partial charge in [-0.2, -0.15) is 35.1 Å². The number of alkyl carbamates (subject to hydrolysis) is 2. The quantitative estimate of drug-likeness (QED) is 0.0166. The molecule has 18 nitrogen and oxygen atoms in total. The molecule has 6 atom stereocenters. The van der Waals surface area contributed by atoms with Gasteiger partial charge in [0.25, 0.3) is 5.91 Å². The van der Waals surface area contributed by atoms with Gasteiger partial charge in [0.2, 0.25) is 5.91 Å². The number of ether oxygens (including phenoxy) is 3. The summed E-state index contributed by atoms with van der Waals surface area (Å²) in [5.74, 6) is 0.784. The third-order valence-electron chi connectivity index (χ3n) is 15.7. The minimum Gasteiger partial charge on any atom is -0.446 e. The molecule has 4 heterocycles. The Morgan fingerprint density at radius 2 is 1.31 bits per heavy atom. The molecular formula is C57H66F10N10O8. The normalized spacial score (nSPS) is 19.9. The topological polar surface area (TPSA) is 223 Å². The van der Waals surface area contributed by atoms with Gasteiger partial charge in [0.05, 0.1) is 47.9 Å². The molecule has 2 aliphatic carbocycles. The SMILES string of the molecule is CC(C)([C@H](NC(=O)OC1CC1)C(=O)N[C@@H](Cc1ccc(C#Cc2ccc(N3CC4CCC(C3)N4C3COC3)nc2)cc1)[C@@H](O)CN(Cc1c(F)cc(C(=N)/C=C\NC(F)F)cc1F)NC(=O)[C@@H](NC(=O)OC1CC1)C(C)(C)C(F)(F)F)C(F)(F)F. The second-order valence-corrected chi connectivity index (χ2v) is 23.0. The van der Waals surface area contributed by atoms with Crippen molar-refractivity contribution in [2.75, 3.05) is 37.7 Å². The second-order valence-electron chi connectivity index (χ2n) is 23.0. The number of carbonyl (C=O) groups excluding carboxylic acids is 4. The fourth-order valence-corrected chi connectivity index (χ4v) is 10.0. The molecule has 28 heteroatoms. The van der Waals surface area contributed by atoms with E-state index in [0.29, 0.717) is 106 Å². The molecule has 85 heavy (non-hydrogen) atoms. The summed E-state index contributed by atoms with van der Waals surface area (Å²) in [5, 5.41) is 28.7. The van der Waals surface area contributed by atoms with E-state index in [1.807, 2.05) is 22.8 Å². The third-order valence-corrected chi connectivity index (χ3v) is 15.7. The van der Waals surface area contributed by atoms with Crippen LogP contribution in [0.5, 0.6) is 0 Å². The predicted molar refractivity (Wildman–Crippen MR) is 286 cm³/mol. The number of hydrazine groups is 1. The van der Waals surface area contributed by atoms with Crippen molar-refractivity contribution in [1.82, 2.24) is 41.6 Å². The predicted octanol–water partition coefficient (Wildman–Crippen LogP) is 7.12. The van der Waals surface area contributed by atoms with Crippen molar-refractivity contribution in [3.8, 4) is 11.8 Å². The number of halogens is 10. The molecule has 2 aromatic carbocycles. The van der Waals surface area contributed by atoms with Crippen LogP contribution in [0.15, 0.2) is 67.0 Å². The number of rotatable bonds is 23. The van der Waals surface area contributed by atoms with Gasteiger partial charge in [-0.25, -0.2) is 28.4 Å². The minimum absolute atomic E-state index is 0.279. The Hall–Kier alpha value is -7.22. The molecule has 3 saturated heterocycles. The molecule has 3 aromatic rings. The fourth-order valence-electron chi connectivity index (χ4n) is 10.0. The summed E-state index contributed by atoms with van der Waals surface area (Å²) in [6.45, 7) is 0.211. The number of aromatic nitrogens is 1. The number of nitrogens with one attached hydrogen (secondary N) is 6. The summed E-state index contributed by atoms with van der Waals surface area (Å²) in [7, 11) is 0. The molecule has 7 N–H and O–H groups in total. The van der Waals surface area contributed by atoms with Crippen LogP contribution in [0.4, 0.5) is 59.3 Å². The first kappa shape index (κ1) is 63.8. The molecule has 3 aliphatic heterocycles. The molecule has 2 bridgehead atoms. The van der Waals surface area contributed by atoms with E-state index in [-0.39, 0.29) is 5.56 Å². The Bertz CT molecular complexity index is 2960. The van der Waals surface area contributed by atoms with E-state index in [0.717, 1.165) is 51.0 Å². The number of alkyl halides is 8. The van der Waals surface area contributed by atoms with Crippen molar-refractivity contribution in [3.05, 3.63) is 106 Å². The lowest BCUT2D eigenvalue weighted by Crippen LogP contribution is -2.63. The zero-order valence-corrected chi connectivity index (χ0v) is 46.7. The van der Waals surface area contributed by atoms with Crippen molar-refractivity contribution in [3.63, 3.8) is 0 Å². The molecule has 5 aliphatic rings. The number of anilines is 1. The zero-order chi connectivity index (χ0) is 61.8. The fraction of sp³-hybridized carbons (Fsp3) is 0.544. The standard InChI is InChI=1S/C57H66F10N10O8/c1-54(2,56(62,63)64)47(72-52(81)84-38-14-15-38)49(79)71-44(21-32-8-5-31(6-9-32)7-10-33-11-18-46(70-24-33)75-25-35-12-13-36(26-75)77(35)37-29-83-30-37)45(78)28-76(27-40-41(58)22-34(23-42(40)59)43(68)19-20-69-51(60)61)74-50(80)48(55(3,4)57(65,66)67)73-53(82)85-39-16-17-39/h5-6,8-9,11,18-20,22-24,35-39,44-45,47-48,51,68-69,78H,12-17,21,25-30H2,1-4H3,(H,71,79)(H,72,81)(H,73,82)(H,74,80)/b20-19-,68-43?/t35?,36?,44-,45-,47+,48+/m0/s1. The van der Waals surface area contributed by atoms with Crippen LogP contribution in [-0.4, -0.2) is 156 Å². The van der Waals surface area contributed by atoms with Gasteiger partial charge in [-0.15, -0.1) is 0 Å². The van der Waals surface area contributed by atoms with E-state index in [9.17, 15) is 59.4 Å². The largest absolute Gasteiger partial charge is 0.446 e.